The topological polar surface area (TPSA) is 90.0 Å². The SMILES string of the molecule is NC(=O)c1c(NC(=O)/C=C/c2cn(-c3ccccc3)nc2-c2ccccc2)sc2c1CCCC2. The van der Waals surface area contributed by atoms with Crippen LogP contribution < -0.4 is 11.1 Å². The molecular weight excluding hydrogens is 444 g/mol. The Hall–Kier alpha value is -3.97. The molecule has 170 valence electrons. The lowest BCUT2D eigenvalue weighted by Crippen LogP contribution is -2.17. The number of carbonyl (C=O) groups excluding carboxylic acids is 2. The maximum Gasteiger partial charge on any atom is 0.251 e. The zero-order valence-electron chi connectivity index (χ0n) is 18.5. The molecule has 1 aliphatic carbocycles. The van der Waals surface area contributed by atoms with E-state index in [1.165, 1.54) is 17.4 Å². The molecule has 0 unspecified atom stereocenters. The molecule has 3 N–H and O–H groups in total. The average molecular weight is 469 g/mol. The highest BCUT2D eigenvalue weighted by atomic mass is 32.1. The first-order valence-electron chi connectivity index (χ1n) is 11.2. The third-order valence-electron chi connectivity index (χ3n) is 5.88. The minimum Gasteiger partial charge on any atom is -0.365 e. The fourth-order valence-corrected chi connectivity index (χ4v) is 5.57. The summed E-state index contributed by atoms with van der Waals surface area (Å²) < 4.78 is 1.80. The van der Waals surface area contributed by atoms with Gasteiger partial charge >= 0.3 is 0 Å². The summed E-state index contributed by atoms with van der Waals surface area (Å²) in [5, 5.41) is 8.19. The molecule has 2 aromatic carbocycles. The summed E-state index contributed by atoms with van der Waals surface area (Å²) in [6, 6.07) is 19.7. The number of aryl methyl sites for hydroxylation is 1. The normalized spacial score (nSPS) is 13.1. The van der Waals surface area contributed by atoms with E-state index in [0.29, 0.717) is 10.6 Å². The van der Waals surface area contributed by atoms with Crippen molar-refractivity contribution in [2.45, 2.75) is 25.7 Å². The summed E-state index contributed by atoms with van der Waals surface area (Å²) in [6.45, 7) is 0. The second-order valence-electron chi connectivity index (χ2n) is 8.18. The van der Waals surface area contributed by atoms with Crippen molar-refractivity contribution in [3.63, 3.8) is 0 Å². The van der Waals surface area contributed by atoms with Crippen molar-refractivity contribution in [2.75, 3.05) is 5.32 Å². The lowest BCUT2D eigenvalue weighted by atomic mass is 9.95. The van der Waals surface area contributed by atoms with Crippen LogP contribution in [0.5, 0.6) is 0 Å². The molecule has 2 amide bonds. The molecule has 5 rings (SSSR count). The Morgan fingerprint density at radius 2 is 1.71 bits per heavy atom. The van der Waals surface area contributed by atoms with E-state index in [1.807, 2.05) is 66.9 Å². The number of aromatic nitrogens is 2. The maximum absolute atomic E-state index is 12.8. The number of anilines is 1. The van der Waals surface area contributed by atoms with Gasteiger partial charge in [0.2, 0.25) is 5.91 Å². The van der Waals surface area contributed by atoms with Gasteiger partial charge in [-0.2, -0.15) is 5.10 Å². The van der Waals surface area contributed by atoms with E-state index in [0.717, 1.165) is 58.6 Å². The Morgan fingerprint density at radius 3 is 2.44 bits per heavy atom. The minimum absolute atomic E-state index is 0.312. The molecule has 0 saturated carbocycles. The molecule has 7 heteroatoms. The van der Waals surface area contributed by atoms with Crippen LogP contribution in [0.4, 0.5) is 5.00 Å². The number of rotatable bonds is 6. The molecule has 6 nitrogen and oxygen atoms in total. The van der Waals surface area contributed by atoms with E-state index in [4.69, 9.17) is 10.8 Å². The Kier molecular flexibility index (Phi) is 6.10. The number of nitrogens with one attached hydrogen (secondary N) is 1. The number of carbonyl (C=O) groups is 2. The van der Waals surface area contributed by atoms with E-state index in [1.54, 1.807) is 10.8 Å². The van der Waals surface area contributed by atoms with Crippen LogP contribution in [-0.4, -0.2) is 21.6 Å². The molecule has 0 saturated heterocycles. The van der Waals surface area contributed by atoms with Gasteiger partial charge in [0.25, 0.3) is 5.91 Å². The number of nitrogens with zero attached hydrogens (tertiary/aromatic N) is 2. The molecule has 0 spiro atoms. The fraction of sp³-hybridized carbons (Fsp3) is 0.148. The Bertz CT molecular complexity index is 1370. The molecular formula is C27H24N4O2S. The molecule has 0 atom stereocenters. The first kappa shape index (κ1) is 21.9. The number of amides is 2. The van der Waals surface area contributed by atoms with Crippen molar-refractivity contribution in [1.82, 2.24) is 9.78 Å². The monoisotopic (exact) mass is 468 g/mol. The number of hydrogen-bond donors (Lipinski definition) is 2. The van der Waals surface area contributed by atoms with E-state index in [9.17, 15) is 9.59 Å². The summed E-state index contributed by atoms with van der Waals surface area (Å²) >= 11 is 1.46. The number of hydrogen-bond acceptors (Lipinski definition) is 4. The average Bonchev–Trinajstić information content (AvgIpc) is 3.45. The van der Waals surface area contributed by atoms with Gasteiger partial charge in [-0.3, -0.25) is 9.59 Å². The number of nitrogens with two attached hydrogens (primary N) is 1. The first-order valence-corrected chi connectivity index (χ1v) is 12.1. The van der Waals surface area contributed by atoms with Crippen molar-refractivity contribution >= 4 is 34.2 Å². The van der Waals surface area contributed by atoms with Crippen LogP contribution in [0.2, 0.25) is 0 Å². The number of benzene rings is 2. The van der Waals surface area contributed by atoms with Crippen molar-refractivity contribution in [2.24, 2.45) is 5.73 Å². The van der Waals surface area contributed by atoms with Crippen LogP contribution in [0, 0.1) is 0 Å². The van der Waals surface area contributed by atoms with Crippen LogP contribution in [0.15, 0.2) is 72.9 Å². The summed E-state index contributed by atoms with van der Waals surface area (Å²) in [5.41, 5.74) is 10.6. The highest BCUT2D eigenvalue weighted by Gasteiger charge is 2.24. The van der Waals surface area contributed by atoms with E-state index in [-0.39, 0.29) is 5.91 Å². The number of para-hydroxylation sites is 1. The summed E-state index contributed by atoms with van der Waals surface area (Å²) in [6.07, 6.45) is 9.00. The predicted octanol–water partition coefficient (Wildman–Crippen LogP) is 5.23. The van der Waals surface area contributed by atoms with Crippen LogP contribution in [0.3, 0.4) is 0 Å². The number of fused-ring (bicyclic) bond motifs is 1. The summed E-state index contributed by atoms with van der Waals surface area (Å²) in [5.74, 6) is -0.804. The standard InChI is InChI=1S/C27H24N4O2S/c28-26(33)24-21-13-7-8-14-22(21)34-27(24)29-23(32)16-15-19-17-31(20-11-5-2-6-12-20)30-25(19)18-9-3-1-4-10-18/h1-6,9-12,15-17H,7-8,13-14H2,(H2,28,33)(H,29,32)/b16-15+. The summed E-state index contributed by atoms with van der Waals surface area (Å²) in [4.78, 5) is 26.1. The van der Waals surface area contributed by atoms with Crippen LogP contribution in [0.1, 0.15) is 39.2 Å². The number of primary amides is 1. The van der Waals surface area contributed by atoms with E-state index >= 15 is 0 Å². The van der Waals surface area contributed by atoms with Gasteiger partial charge in [-0.25, -0.2) is 4.68 Å². The molecule has 0 radical (unpaired) electrons. The molecule has 34 heavy (non-hydrogen) atoms. The van der Waals surface area contributed by atoms with Crippen molar-refractivity contribution < 1.29 is 9.59 Å². The van der Waals surface area contributed by atoms with Crippen molar-refractivity contribution in [3.05, 3.63) is 94.5 Å². The van der Waals surface area contributed by atoms with Gasteiger partial charge in [-0.1, -0.05) is 48.5 Å². The highest BCUT2D eigenvalue weighted by Crippen LogP contribution is 2.38. The van der Waals surface area contributed by atoms with Gasteiger partial charge in [-0.15, -0.1) is 11.3 Å². The zero-order valence-corrected chi connectivity index (χ0v) is 19.3. The van der Waals surface area contributed by atoms with Crippen LogP contribution in [0.25, 0.3) is 23.0 Å². The van der Waals surface area contributed by atoms with Crippen LogP contribution in [-0.2, 0) is 17.6 Å². The molecule has 1 aliphatic rings. The second-order valence-corrected chi connectivity index (χ2v) is 9.29. The van der Waals surface area contributed by atoms with Gasteiger partial charge in [-0.05, 0) is 49.5 Å². The zero-order chi connectivity index (χ0) is 23.5. The van der Waals surface area contributed by atoms with Gasteiger partial charge in [0, 0.05) is 28.3 Å². The van der Waals surface area contributed by atoms with Crippen molar-refractivity contribution in [1.29, 1.82) is 0 Å². The molecule has 0 aliphatic heterocycles. The molecule has 4 aromatic rings. The van der Waals surface area contributed by atoms with Crippen LogP contribution >= 0.6 is 11.3 Å². The lowest BCUT2D eigenvalue weighted by molar-refractivity contribution is -0.111. The van der Waals surface area contributed by atoms with Gasteiger partial charge in [0.15, 0.2) is 0 Å². The van der Waals surface area contributed by atoms with E-state index in [2.05, 4.69) is 5.32 Å². The molecule has 0 bridgehead atoms. The molecule has 2 aromatic heterocycles. The third-order valence-corrected chi connectivity index (χ3v) is 7.09. The smallest absolute Gasteiger partial charge is 0.251 e. The predicted molar refractivity (Wildman–Crippen MR) is 136 cm³/mol. The van der Waals surface area contributed by atoms with E-state index < -0.39 is 5.91 Å². The second kappa shape index (κ2) is 9.49. The van der Waals surface area contributed by atoms with Gasteiger partial charge < -0.3 is 11.1 Å². The minimum atomic E-state index is -0.491. The number of thiophene rings is 1. The fourth-order valence-electron chi connectivity index (χ4n) is 4.28. The quantitative estimate of drug-likeness (QED) is 0.380. The summed E-state index contributed by atoms with van der Waals surface area (Å²) in [7, 11) is 0. The third kappa shape index (κ3) is 4.43. The largest absolute Gasteiger partial charge is 0.365 e. The molecule has 2 heterocycles. The Balaban J connectivity index is 1.44. The van der Waals surface area contributed by atoms with Gasteiger partial charge in [0.05, 0.1) is 16.9 Å². The first-order chi connectivity index (χ1) is 16.6. The van der Waals surface area contributed by atoms with Crippen molar-refractivity contribution in [3.8, 4) is 16.9 Å². The maximum atomic E-state index is 12.8. The highest BCUT2D eigenvalue weighted by molar-refractivity contribution is 7.17. The Labute approximate surface area is 201 Å². The Morgan fingerprint density at radius 1 is 1.00 bits per heavy atom. The van der Waals surface area contributed by atoms with Gasteiger partial charge in [0.1, 0.15) is 5.00 Å². The molecule has 0 fully saturated rings. The lowest BCUT2D eigenvalue weighted by Gasteiger charge is -2.11.